The predicted octanol–water partition coefficient (Wildman–Crippen LogP) is 3.92. The lowest BCUT2D eigenvalue weighted by atomic mass is 10.0. The molecule has 0 aliphatic heterocycles. The zero-order valence-corrected chi connectivity index (χ0v) is 17.6. The van der Waals surface area contributed by atoms with Crippen molar-refractivity contribution in [2.24, 2.45) is 11.8 Å². The fourth-order valence-corrected chi connectivity index (χ4v) is 3.67. The largest absolute Gasteiger partial charge is 0.493 e. The lowest BCUT2D eigenvalue weighted by molar-refractivity contribution is -0.136. The van der Waals surface area contributed by atoms with E-state index in [1.54, 1.807) is 12.1 Å². The van der Waals surface area contributed by atoms with Crippen LogP contribution in [-0.2, 0) is 9.59 Å². The van der Waals surface area contributed by atoms with Gasteiger partial charge in [0.15, 0.2) is 11.5 Å². The molecule has 3 unspecified atom stereocenters. The highest BCUT2D eigenvalue weighted by Crippen LogP contribution is 2.47. The first-order valence-electron chi connectivity index (χ1n) is 9.03. The SMILES string of the molecule is COc1cc(Br)c(NC(=O)C(=O)NC(c2ccccc2)C2CC2C)cc1OC. The molecule has 0 heterocycles. The summed E-state index contributed by atoms with van der Waals surface area (Å²) in [6.07, 6.45) is 1.03. The summed E-state index contributed by atoms with van der Waals surface area (Å²) >= 11 is 3.38. The topological polar surface area (TPSA) is 76.7 Å². The van der Waals surface area contributed by atoms with Gasteiger partial charge in [-0.05, 0) is 39.8 Å². The molecule has 3 atom stereocenters. The van der Waals surface area contributed by atoms with Crippen LogP contribution in [0.4, 0.5) is 5.69 Å². The third-order valence-corrected chi connectivity index (χ3v) is 5.63. The zero-order chi connectivity index (χ0) is 20.3. The van der Waals surface area contributed by atoms with Gasteiger partial charge < -0.3 is 20.1 Å². The molecule has 2 aromatic rings. The van der Waals surface area contributed by atoms with Crippen molar-refractivity contribution < 1.29 is 19.1 Å². The molecule has 2 N–H and O–H groups in total. The standard InChI is InChI=1S/C21H23BrN2O4/c1-12-9-14(12)19(13-7-5-4-6-8-13)24-21(26)20(25)23-16-11-18(28-3)17(27-2)10-15(16)22/h4-8,10-12,14,19H,9H2,1-3H3,(H,23,25)(H,24,26). The lowest BCUT2D eigenvalue weighted by Gasteiger charge is -2.19. The van der Waals surface area contributed by atoms with Gasteiger partial charge in [-0.1, -0.05) is 37.3 Å². The fourth-order valence-electron chi connectivity index (χ4n) is 3.25. The quantitative estimate of drug-likeness (QED) is 0.659. The average Bonchev–Trinajstić information content (AvgIpc) is 3.43. The van der Waals surface area contributed by atoms with Gasteiger partial charge in [0.05, 0.1) is 25.9 Å². The van der Waals surface area contributed by atoms with Crippen molar-refractivity contribution in [2.75, 3.05) is 19.5 Å². The highest BCUT2D eigenvalue weighted by molar-refractivity contribution is 9.10. The zero-order valence-electron chi connectivity index (χ0n) is 16.0. The van der Waals surface area contributed by atoms with E-state index in [0.717, 1.165) is 12.0 Å². The van der Waals surface area contributed by atoms with Gasteiger partial charge in [0, 0.05) is 16.6 Å². The summed E-state index contributed by atoms with van der Waals surface area (Å²) in [5.41, 5.74) is 1.43. The molecule has 1 aliphatic carbocycles. The van der Waals surface area contributed by atoms with Gasteiger partial charge >= 0.3 is 11.8 Å². The van der Waals surface area contributed by atoms with Crippen LogP contribution in [0.1, 0.15) is 24.9 Å². The van der Waals surface area contributed by atoms with Crippen LogP contribution in [0.5, 0.6) is 11.5 Å². The minimum absolute atomic E-state index is 0.178. The van der Waals surface area contributed by atoms with Crippen molar-refractivity contribution in [3.05, 3.63) is 52.5 Å². The molecule has 0 bridgehead atoms. The first kappa shape index (κ1) is 20.2. The van der Waals surface area contributed by atoms with Crippen LogP contribution in [0.25, 0.3) is 0 Å². The number of anilines is 1. The Kier molecular flexibility index (Phi) is 6.24. The van der Waals surface area contributed by atoms with E-state index in [-0.39, 0.29) is 6.04 Å². The molecule has 148 valence electrons. The number of carbonyl (C=O) groups excluding carboxylic acids is 2. The summed E-state index contributed by atoms with van der Waals surface area (Å²) in [6.45, 7) is 2.15. The summed E-state index contributed by atoms with van der Waals surface area (Å²) in [7, 11) is 3.03. The maximum absolute atomic E-state index is 12.6. The second-order valence-electron chi connectivity index (χ2n) is 6.88. The van der Waals surface area contributed by atoms with Crippen molar-refractivity contribution in [3.8, 4) is 11.5 Å². The summed E-state index contributed by atoms with van der Waals surface area (Å²) in [5.74, 6) is 0.427. The molecular formula is C21H23BrN2O4. The highest BCUT2D eigenvalue weighted by atomic mass is 79.9. The molecule has 2 aromatic carbocycles. The van der Waals surface area contributed by atoms with E-state index in [9.17, 15) is 9.59 Å². The number of hydrogen-bond donors (Lipinski definition) is 2. The number of amides is 2. The first-order chi connectivity index (χ1) is 13.4. The van der Waals surface area contributed by atoms with Gasteiger partial charge in [-0.15, -0.1) is 0 Å². The van der Waals surface area contributed by atoms with Gasteiger partial charge in [-0.2, -0.15) is 0 Å². The highest BCUT2D eigenvalue weighted by Gasteiger charge is 2.41. The number of ether oxygens (including phenoxy) is 2. The second-order valence-corrected chi connectivity index (χ2v) is 7.73. The van der Waals surface area contributed by atoms with Crippen molar-refractivity contribution in [1.82, 2.24) is 5.32 Å². The number of rotatable bonds is 6. The molecule has 3 rings (SSSR count). The van der Waals surface area contributed by atoms with E-state index in [1.165, 1.54) is 14.2 Å². The fraction of sp³-hybridized carbons (Fsp3) is 0.333. The molecule has 0 saturated heterocycles. The number of carbonyl (C=O) groups is 2. The van der Waals surface area contributed by atoms with Crippen LogP contribution >= 0.6 is 15.9 Å². The van der Waals surface area contributed by atoms with Gasteiger partial charge in [0.25, 0.3) is 0 Å². The maximum atomic E-state index is 12.6. The average molecular weight is 447 g/mol. The van der Waals surface area contributed by atoms with E-state index in [1.807, 2.05) is 30.3 Å². The van der Waals surface area contributed by atoms with Crippen molar-refractivity contribution >= 4 is 33.4 Å². The van der Waals surface area contributed by atoms with E-state index in [2.05, 4.69) is 33.5 Å². The van der Waals surface area contributed by atoms with Gasteiger partial charge in [0.2, 0.25) is 0 Å². The van der Waals surface area contributed by atoms with Crippen LogP contribution in [-0.4, -0.2) is 26.0 Å². The molecule has 7 heteroatoms. The number of hydrogen-bond acceptors (Lipinski definition) is 4. The molecule has 1 aliphatic rings. The minimum Gasteiger partial charge on any atom is -0.493 e. The second kappa shape index (κ2) is 8.65. The molecule has 6 nitrogen and oxygen atoms in total. The molecule has 28 heavy (non-hydrogen) atoms. The molecule has 0 radical (unpaired) electrons. The van der Waals surface area contributed by atoms with E-state index in [0.29, 0.717) is 33.5 Å². The lowest BCUT2D eigenvalue weighted by Crippen LogP contribution is -2.38. The number of halogens is 1. The third kappa shape index (κ3) is 4.47. The normalized spacial score (nSPS) is 18.7. The number of benzene rings is 2. The van der Waals surface area contributed by atoms with E-state index >= 15 is 0 Å². The van der Waals surface area contributed by atoms with Gasteiger partial charge in [-0.25, -0.2) is 0 Å². The van der Waals surface area contributed by atoms with Crippen LogP contribution in [0.2, 0.25) is 0 Å². The van der Waals surface area contributed by atoms with Crippen molar-refractivity contribution in [3.63, 3.8) is 0 Å². The van der Waals surface area contributed by atoms with Gasteiger partial charge in [0.1, 0.15) is 0 Å². The Balaban J connectivity index is 1.73. The smallest absolute Gasteiger partial charge is 0.313 e. The number of nitrogens with one attached hydrogen (secondary N) is 2. The summed E-state index contributed by atoms with van der Waals surface area (Å²) in [6, 6.07) is 12.8. The molecule has 0 aromatic heterocycles. The molecule has 1 saturated carbocycles. The Hall–Kier alpha value is -2.54. The van der Waals surface area contributed by atoms with Crippen LogP contribution < -0.4 is 20.1 Å². The van der Waals surface area contributed by atoms with Crippen molar-refractivity contribution in [1.29, 1.82) is 0 Å². The number of methoxy groups -OCH3 is 2. The van der Waals surface area contributed by atoms with Crippen LogP contribution in [0, 0.1) is 11.8 Å². The predicted molar refractivity (Wildman–Crippen MR) is 110 cm³/mol. The summed E-state index contributed by atoms with van der Waals surface area (Å²) < 4.78 is 11.1. The van der Waals surface area contributed by atoms with E-state index < -0.39 is 11.8 Å². The Morgan fingerprint density at radius 2 is 1.68 bits per heavy atom. The Morgan fingerprint density at radius 3 is 2.25 bits per heavy atom. The molecule has 2 amide bonds. The maximum Gasteiger partial charge on any atom is 0.313 e. The molecular weight excluding hydrogens is 424 g/mol. The summed E-state index contributed by atoms with van der Waals surface area (Å²) in [5, 5.41) is 5.52. The Bertz CT molecular complexity index is 872. The summed E-state index contributed by atoms with van der Waals surface area (Å²) in [4.78, 5) is 25.1. The van der Waals surface area contributed by atoms with E-state index in [4.69, 9.17) is 9.47 Å². The molecule has 1 fully saturated rings. The minimum atomic E-state index is -0.734. The van der Waals surface area contributed by atoms with Gasteiger partial charge in [-0.3, -0.25) is 9.59 Å². The monoisotopic (exact) mass is 446 g/mol. The Labute approximate surface area is 172 Å². The third-order valence-electron chi connectivity index (χ3n) is 4.97. The van der Waals surface area contributed by atoms with Crippen molar-refractivity contribution in [2.45, 2.75) is 19.4 Å². The van der Waals surface area contributed by atoms with Crippen LogP contribution in [0.15, 0.2) is 46.9 Å². The Morgan fingerprint density at radius 1 is 1.07 bits per heavy atom. The van der Waals surface area contributed by atoms with Crippen LogP contribution in [0.3, 0.4) is 0 Å². The molecule has 0 spiro atoms. The first-order valence-corrected chi connectivity index (χ1v) is 9.82.